The third-order valence-electron chi connectivity index (χ3n) is 7.69. The van der Waals surface area contributed by atoms with Crippen molar-refractivity contribution in [2.45, 2.75) is 26.4 Å². The van der Waals surface area contributed by atoms with Gasteiger partial charge in [0.1, 0.15) is 12.6 Å². The van der Waals surface area contributed by atoms with Crippen LogP contribution >= 0.6 is 0 Å². The summed E-state index contributed by atoms with van der Waals surface area (Å²) in [6.45, 7) is 4.78. The Labute approximate surface area is 232 Å². The molecule has 1 unspecified atom stereocenters. The summed E-state index contributed by atoms with van der Waals surface area (Å²) in [5.74, 6) is -0.566. The van der Waals surface area contributed by atoms with E-state index in [0.29, 0.717) is 17.7 Å². The molecule has 1 aliphatic heterocycles. The summed E-state index contributed by atoms with van der Waals surface area (Å²) in [5, 5.41) is 12.4. The van der Waals surface area contributed by atoms with Gasteiger partial charge in [-0.2, -0.15) is 5.26 Å². The van der Waals surface area contributed by atoms with E-state index in [1.807, 2.05) is 61.5 Å². The highest BCUT2D eigenvalue weighted by atomic mass is 16.5. The molecule has 0 N–H and O–H groups in total. The van der Waals surface area contributed by atoms with Gasteiger partial charge in [0, 0.05) is 33.6 Å². The number of carbonyl (C=O) groups is 2. The fraction of sp³-hybridized carbons (Fsp3) is 0.147. The molecular formula is C34H27N3O3. The third kappa shape index (κ3) is 4.04. The van der Waals surface area contributed by atoms with Crippen LogP contribution in [-0.4, -0.2) is 28.0 Å². The highest BCUT2D eigenvalue weighted by molar-refractivity contribution is 6.12. The number of aryl methyl sites for hydroxylation is 2. The van der Waals surface area contributed by atoms with Crippen LogP contribution in [0.4, 0.5) is 0 Å². The van der Waals surface area contributed by atoms with Gasteiger partial charge >= 0.3 is 5.97 Å². The minimum Gasteiger partial charge on any atom is -0.460 e. The number of nitriles is 1. The highest BCUT2D eigenvalue weighted by Gasteiger charge is 2.33. The van der Waals surface area contributed by atoms with Crippen LogP contribution in [0.1, 0.15) is 49.0 Å². The molecule has 1 aromatic heterocycles. The summed E-state index contributed by atoms with van der Waals surface area (Å²) >= 11 is 0. The normalized spacial score (nSPS) is 14.2. The Kier molecular flexibility index (Phi) is 6.41. The largest absolute Gasteiger partial charge is 0.460 e. The topological polar surface area (TPSA) is 75.3 Å². The first-order chi connectivity index (χ1) is 19.5. The second kappa shape index (κ2) is 10.2. The number of nitrogens with zero attached hydrogens (tertiary/aromatic N) is 3. The SMILES string of the molecule is Cc1c2c(c(C)c3c1c1ccccc1n3CCOC(=O)c1ccccc1)C=CN(C(=O)c1ccccc1)C2C#N. The molecule has 0 saturated heterocycles. The molecule has 0 radical (unpaired) electrons. The van der Waals surface area contributed by atoms with Crippen molar-refractivity contribution in [3.05, 3.63) is 125 Å². The van der Waals surface area contributed by atoms with Gasteiger partial charge in [-0.05, 0) is 66.9 Å². The van der Waals surface area contributed by atoms with Gasteiger partial charge < -0.3 is 9.30 Å². The van der Waals surface area contributed by atoms with E-state index < -0.39 is 6.04 Å². The van der Waals surface area contributed by atoms with E-state index in [1.54, 1.807) is 30.5 Å². The van der Waals surface area contributed by atoms with Crippen molar-refractivity contribution in [3.63, 3.8) is 0 Å². The predicted molar refractivity (Wildman–Crippen MR) is 156 cm³/mol. The molecule has 1 atom stereocenters. The Balaban J connectivity index is 1.44. The molecule has 1 amide bonds. The number of hydrogen-bond donors (Lipinski definition) is 0. The van der Waals surface area contributed by atoms with Crippen molar-refractivity contribution in [2.24, 2.45) is 0 Å². The molecule has 6 rings (SSSR count). The second-order valence-corrected chi connectivity index (χ2v) is 9.90. The smallest absolute Gasteiger partial charge is 0.338 e. The first kappa shape index (κ1) is 25.1. The van der Waals surface area contributed by atoms with E-state index in [9.17, 15) is 14.9 Å². The number of carbonyl (C=O) groups excluding carboxylic acids is 2. The standard InChI is InChI=1S/C34H27N3O3/c1-22-26-17-18-37(33(38)24-11-5-3-6-12-24)29(21-35)30(26)23(2)31-27-15-9-10-16-28(27)36(32(22)31)19-20-40-34(39)25-13-7-4-8-14-25/h3-18,29H,19-20H2,1-2H3. The van der Waals surface area contributed by atoms with Gasteiger partial charge in [-0.3, -0.25) is 9.69 Å². The fourth-order valence-corrected chi connectivity index (χ4v) is 5.85. The lowest BCUT2D eigenvalue weighted by atomic mass is 9.86. The van der Waals surface area contributed by atoms with E-state index >= 15 is 0 Å². The average Bonchev–Trinajstić information content (AvgIpc) is 3.34. The van der Waals surface area contributed by atoms with E-state index in [0.717, 1.165) is 44.1 Å². The van der Waals surface area contributed by atoms with E-state index in [-0.39, 0.29) is 18.5 Å². The molecule has 0 fully saturated rings. The maximum Gasteiger partial charge on any atom is 0.338 e. The zero-order valence-corrected chi connectivity index (χ0v) is 22.3. The Morgan fingerprint density at radius 3 is 2.23 bits per heavy atom. The van der Waals surface area contributed by atoms with Crippen molar-refractivity contribution in [1.29, 1.82) is 5.26 Å². The zero-order chi connectivity index (χ0) is 27.8. The lowest BCUT2D eigenvalue weighted by Gasteiger charge is -2.31. The van der Waals surface area contributed by atoms with Crippen LogP contribution in [0.2, 0.25) is 0 Å². The molecule has 196 valence electrons. The first-order valence-corrected chi connectivity index (χ1v) is 13.2. The third-order valence-corrected chi connectivity index (χ3v) is 7.69. The highest BCUT2D eigenvalue weighted by Crippen LogP contribution is 2.43. The van der Waals surface area contributed by atoms with Crippen molar-refractivity contribution in [2.75, 3.05) is 6.61 Å². The van der Waals surface area contributed by atoms with Crippen molar-refractivity contribution in [3.8, 4) is 6.07 Å². The van der Waals surface area contributed by atoms with Gasteiger partial charge in [0.05, 0.1) is 23.7 Å². The number of esters is 1. The summed E-state index contributed by atoms with van der Waals surface area (Å²) < 4.78 is 7.83. The Hall–Kier alpha value is -5.15. The van der Waals surface area contributed by atoms with Crippen molar-refractivity contribution < 1.29 is 14.3 Å². The monoisotopic (exact) mass is 525 g/mol. The van der Waals surface area contributed by atoms with Crippen LogP contribution in [0.15, 0.2) is 91.1 Å². The lowest BCUT2D eigenvalue weighted by molar-refractivity contribution is 0.0493. The van der Waals surface area contributed by atoms with Crippen molar-refractivity contribution in [1.82, 2.24) is 9.47 Å². The van der Waals surface area contributed by atoms with Gasteiger partial charge in [-0.15, -0.1) is 0 Å². The average molecular weight is 526 g/mol. The Morgan fingerprint density at radius 2 is 1.52 bits per heavy atom. The minimum atomic E-state index is -0.759. The molecule has 0 aliphatic carbocycles. The summed E-state index contributed by atoms with van der Waals surface area (Å²) in [4.78, 5) is 27.5. The Bertz CT molecular complexity index is 1850. The summed E-state index contributed by atoms with van der Waals surface area (Å²) in [6, 6.07) is 27.8. The van der Waals surface area contributed by atoms with E-state index in [4.69, 9.17) is 4.74 Å². The fourth-order valence-electron chi connectivity index (χ4n) is 5.85. The summed E-state index contributed by atoms with van der Waals surface area (Å²) in [5.41, 5.74) is 6.89. The molecule has 4 aromatic carbocycles. The van der Waals surface area contributed by atoms with Crippen LogP contribution in [-0.2, 0) is 11.3 Å². The number of hydrogen-bond acceptors (Lipinski definition) is 4. The van der Waals surface area contributed by atoms with Gasteiger partial charge in [0.25, 0.3) is 5.91 Å². The predicted octanol–water partition coefficient (Wildman–Crippen LogP) is 6.96. The van der Waals surface area contributed by atoms with Crippen LogP contribution in [0.5, 0.6) is 0 Å². The Morgan fingerprint density at radius 1 is 0.875 bits per heavy atom. The van der Waals surface area contributed by atoms with Crippen LogP contribution < -0.4 is 0 Å². The van der Waals surface area contributed by atoms with Gasteiger partial charge in [0.15, 0.2) is 0 Å². The number of para-hydroxylation sites is 1. The molecule has 5 aromatic rings. The molecule has 2 heterocycles. The molecule has 0 bridgehead atoms. The van der Waals surface area contributed by atoms with Gasteiger partial charge in [-0.25, -0.2) is 4.79 Å². The first-order valence-electron chi connectivity index (χ1n) is 13.2. The number of ether oxygens (including phenoxy) is 1. The molecular weight excluding hydrogens is 498 g/mol. The quantitative estimate of drug-likeness (QED) is 0.233. The molecule has 1 aliphatic rings. The van der Waals surface area contributed by atoms with E-state index in [2.05, 4.69) is 29.7 Å². The molecule has 6 nitrogen and oxygen atoms in total. The number of benzene rings is 4. The maximum atomic E-state index is 13.4. The maximum absolute atomic E-state index is 13.4. The molecule has 6 heteroatoms. The van der Waals surface area contributed by atoms with Gasteiger partial charge in [-0.1, -0.05) is 54.6 Å². The minimum absolute atomic E-state index is 0.214. The summed E-state index contributed by atoms with van der Waals surface area (Å²) in [7, 11) is 0. The molecule has 40 heavy (non-hydrogen) atoms. The summed E-state index contributed by atoms with van der Waals surface area (Å²) in [6.07, 6.45) is 3.65. The molecule has 0 saturated carbocycles. The van der Waals surface area contributed by atoms with Crippen LogP contribution in [0, 0.1) is 25.2 Å². The lowest BCUT2D eigenvalue weighted by Crippen LogP contribution is -2.32. The zero-order valence-electron chi connectivity index (χ0n) is 22.3. The number of amides is 1. The van der Waals surface area contributed by atoms with Crippen LogP contribution in [0.25, 0.3) is 27.9 Å². The molecule has 0 spiro atoms. The van der Waals surface area contributed by atoms with E-state index in [1.165, 1.54) is 4.90 Å². The number of rotatable bonds is 5. The second-order valence-electron chi connectivity index (χ2n) is 9.90. The van der Waals surface area contributed by atoms with Crippen LogP contribution in [0.3, 0.4) is 0 Å². The number of aromatic nitrogens is 1. The van der Waals surface area contributed by atoms with Crippen molar-refractivity contribution >= 4 is 39.8 Å². The van der Waals surface area contributed by atoms with Gasteiger partial charge in [0.2, 0.25) is 0 Å². The number of fused-ring (bicyclic) bond motifs is 4.